The number of rotatable bonds is 3. The van der Waals surface area contributed by atoms with E-state index in [9.17, 15) is 8.78 Å². The van der Waals surface area contributed by atoms with Crippen LogP contribution in [0.15, 0.2) is 24.3 Å². The highest BCUT2D eigenvalue weighted by molar-refractivity contribution is 5.83. The van der Waals surface area contributed by atoms with Crippen molar-refractivity contribution in [2.24, 2.45) is 5.92 Å². The molecule has 0 amide bonds. The van der Waals surface area contributed by atoms with Crippen LogP contribution in [-0.4, -0.2) is 17.5 Å². The van der Waals surface area contributed by atoms with Crippen LogP contribution in [-0.2, 0) is 0 Å². The van der Waals surface area contributed by atoms with Crippen molar-refractivity contribution in [1.29, 1.82) is 0 Å². The van der Waals surface area contributed by atoms with Crippen LogP contribution in [0.4, 0.5) is 8.78 Å². The average Bonchev–Trinajstić information content (AvgIpc) is 2.95. The second-order valence-corrected chi connectivity index (χ2v) is 5.23. The third-order valence-electron chi connectivity index (χ3n) is 3.52. The van der Waals surface area contributed by atoms with Gasteiger partial charge in [-0.3, -0.25) is 4.98 Å². The molecule has 0 radical (unpaired) electrons. The van der Waals surface area contributed by atoms with Gasteiger partial charge in [-0.25, -0.2) is 8.78 Å². The summed E-state index contributed by atoms with van der Waals surface area (Å²) in [6.45, 7) is 4.04. The summed E-state index contributed by atoms with van der Waals surface area (Å²) < 4.78 is 31.0. The summed E-state index contributed by atoms with van der Waals surface area (Å²) in [5.41, 5.74) is 2.99. The molecule has 2 aromatic rings. The van der Waals surface area contributed by atoms with Gasteiger partial charge in [-0.2, -0.15) is 0 Å². The lowest BCUT2D eigenvalue weighted by molar-refractivity contribution is 0.0856. The summed E-state index contributed by atoms with van der Waals surface area (Å²) in [5, 5.41) is 1.01. The van der Waals surface area contributed by atoms with Crippen molar-refractivity contribution >= 4 is 10.9 Å². The molecule has 0 bridgehead atoms. The van der Waals surface area contributed by atoms with Gasteiger partial charge in [0, 0.05) is 17.5 Å². The number of fused-ring (bicyclic) bond motifs is 1. The van der Waals surface area contributed by atoms with Crippen LogP contribution in [0.2, 0.25) is 0 Å². The Morgan fingerprint density at radius 1 is 1.32 bits per heavy atom. The highest BCUT2D eigenvalue weighted by Crippen LogP contribution is 2.48. The minimum atomic E-state index is -2.52. The molecule has 4 heteroatoms. The summed E-state index contributed by atoms with van der Waals surface area (Å²) in [5.74, 6) is -2.52. The smallest absolute Gasteiger partial charge is 0.255 e. The van der Waals surface area contributed by atoms with Gasteiger partial charge in [-0.15, -0.1) is 0 Å². The zero-order chi connectivity index (χ0) is 13.6. The first-order chi connectivity index (χ1) is 8.95. The Kier molecular flexibility index (Phi) is 2.69. The van der Waals surface area contributed by atoms with Gasteiger partial charge in [-0.1, -0.05) is 0 Å². The first-order valence-corrected chi connectivity index (χ1v) is 6.34. The number of ether oxygens (including phenoxy) is 1. The zero-order valence-electron chi connectivity index (χ0n) is 10.9. The summed E-state index contributed by atoms with van der Waals surface area (Å²) in [7, 11) is 0. The van der Waals surface area contributed by atoms with Crippen LogP contribution in [0.1, 0.15) is 17.7 Å². The van der Waals surface area contributed by atoms with Crippen molar-refractivity contribution in [2.45, 2.75) is 26.2 Å². The molecule has 1 unspecified atom stereocenters. The van der Waals surface area contributed by atoms with E-state index >= 15 is 0 Å². The maximum Gasteiger partial charge on any atom is 0.255 e. The second kappa shape index (κ2) is 4.15. The molecule has 2 nitrogen and oxygen atoms in total. The normalized spacial score (nSPS) is 20.5. The average molecular weight is 263 g/mol. The molecule has 1 heterocycles. The highest BCUT2D eigenvalue weighted by Gasteiger charge is 2.57. The van der Waals surface area contributed by atoms with Crippen LogP contribution in [0, 0.1) is 19.8 Å². The molecule has 1 atom stereocenters. The Hall–Kier alpha value is -1.71. The summed E-state index contributed by atoms with van der Waals surface area (Å²) in [6.07, 6.45) is -0.0552. The quantitative estimate of drug-likeness (QED) is 0.838. The summed E-state index contributed by atoms with van der Waals surface area (Å²) >= 11 is 0. The van der Waals surface area contributed by atoms with Gasteiger partial charge < -0.3 is 4.74 Å². The van der Waals surface area contributed by atoms with E-state index in [2.05, 4.69) is 4.98 Å². The maximum atomic E-state index is 12.8. The highest BCUT2D eigenvalue weighted by atomic mass is 19.3. The van der Waals surface area contributed by atoms with Gasteiger partial charge in [0.05, 0.1) is 18.0 Å². The standard InChI is InChI=1S/C15H15F2NO/c1-9-5-10(2)18-14-4-3-12(6-13(9)14)19-8-11-7-15(11,16)17/h3-6,11H,7-8H2,1-2H3. The molecule has 0 saturated heterocycles. The van der Waals surface area contributed by atoms with E-state index in [0.717, 1.165) is 22.2 Å². The van der Waals surface area contributed by atoms with Crippen LogP contribution in [0.3, 0.4) is 0 Å². The molecule has 19 heavy (non-hydrogen) atoms. The summed E-state index contributed by atoms with van der Waals surface area (Å²) in [6, 6.07) is 7.53. The fourth-order valence-electron chi connectivity index (χ4n) is 2.28. The van der Waals surface area contributed by atoms with Crippen LogP contribution in [0.25, 0.3) is 10.9 Å². The van der Waals surface area contributed by atoms with Gasteiger partial charge in [0.2, 0.25) is 0 Å². The van der Waals surface area contributed by atoms with E-state index in [1.807, 2.05) is 32.0 Å². The van der Waals surface area contributed by atoms with E-state index in [1.54, 1.807) is 6.07 Å². The molecule has 1 aliphatic rings. The third kappa shape index (κ3) is 2.39. The lowest BCUT2D eigenvalue weighted by Gasteiger charge is -2.08. The number of hydrogen-bond donors (Lipinski definition) is 0. The Labute approximate surface area is 110 Å². The monoisotopic (exact) mass is 263 g/mol. The minimum absolute atomic E-state index is 0.0552. The fourth-order valence-corrected chi connectivity index (χ4v) is 2.28. The molecular weight excluding hydrogens is 248 g/mol. The largest absolute Gasteiger partial charge is 0.493 e. The molecule has 1 aliphatic carbocycles. The van der Waals surface area contributed by atoms with Crippen LogP contribution in [0.5, 0.6) is 5.75 Å². The number of benzene rings is 1. The van der Waals surface area contributed by atoms with E-state index in [-0.39, 0.29) is 13.0 Å². The van der Waals surface area contributed by atoms with Crippen molar-refractivity contribution < 1.29 is 13.5 Å². The lowest BCUT2D eigenvalue weighted by Crippen LogP contribution is -2.05. The topological polar surface area (TPSA) is 22.1 Å². The number of aromatic nitrogens is 1. The van der Waals surface area contributed by atoms with Gasteiger partial charge in [0.15, 0.2) is 0 Å². The fraction of sp³-hybridized carbons (Fsp3) is 0.400. The molecule has 100 valence electrons. The molecular formula is C15H15F2NO. The Bertz CT molecular complexity index is 639. The zero-order valence-corrected chi connectivity index (χ0v) is 10.9. The molecule has 0 spiro atoms. The molecule has 1 saturated carbocycles. The lowest BCUT2D eigenvalue weighted by atomic mass is 10.1. The van der Waals surface area contributed by atoms with E-state index in [0.29, 0.717) is 5.75 Å². The van der Waals surface area contributed by atoms with Gasteiger partial charge >= 0.3 is 0 Å². The van der Waals surface area contributed by atoms with Crippen LogP contribution >= 0.6 is 0 Å². The predicted octanol–water partition coefficient (Wildman–Crippen LogP) is 3.89. The summed E-state index contributed by atoms with van der Waals surface area (Å²) in [4.78, 5) is 4.43. The van der Waals surface area contributed by atoms with Crippen molar-refractivity contribution in [3.63, 3.8) is 0 Å². The van der Waals surface area contributed by atoms with Crippen LogP contribution < -0.4 is 4.74 Å². The van der Waals surface area contributed by atoms with Crippen molar-refractivity contribution in [3.8, 4) is 5.75 Å². The molecule has 0 aliphatic heterocycles. The van der Waals surface area contributed by atoms with Gasteiger partial charge in [0.25, 0.3) is 5.92 Å². The molecule has 3 rings (SSSR count). The number of nitrogens with zero attached hydrogens (tertiary/aromatic N) is 1. The van der Waals surface area contributed by atoms with Crippen molar-refractivity contribution in [3.05, 3.63) is 35.5 Å². The number of pyridine rings is 1. The number of alkyl halides is 2. The van der Waals surface area contributed by atoms with E-state index in [1.165, 1.54) is 0 Å². The van der Waals surface area contributed by atoms with Gasteiger partial charge in [-0.05, 0) is 43.7 Å². The number of aryl methyl sites for hydroxylation is 2. The number of halogens is 2. The minimum Gasteiger partial charge on any atom is -0.493 e. The third-order valence-corrected chi connectivity index (χ3v) is 3.52. The first-order valence-electron chi connectivity index (χ1n) is 6.34. The SMILES string of the molecule is Cc1cc(C)c2cc(OCC3CC3(F)F)ccc2n1. The van der Waals surface area contributed by atoms with Crippen molar-refractivity contribution in [2.75, 3.05) is 6.61 Å². The maximum absolute atomic E-state index is 12.8. The second-order valence-electron chi connectivity index (χ2n) is 5.23. The van der Waals surface area contributed by atoms with Crippen molar-refractivity contribution in [1.82, 2.24) is 4.98 Å². The van der Waals surface area contributed by atoms with E-state index in [4.69, 9.17) is 4.74 Å². The first kappa shape index (κ1) is 12.3. The molecule has 1 aromatic carbocycles. The molecule has 1 aromatic heterocycles. The molecule has 0 N–H and O–H groups in total. The Morgan fingerprint density at radius 3 is 2.74 bits per heavy atom. The van der Waals surface area contributed by atoms with Gasteiger partial charge in [0.1, 0.15) is 5.75 Å². The van der Waals surface area contributed by atoms with E-state index < -0.39 is 11.8 Å². The number of hydrogen-bond acceptors (Lipinski definition) is 2. The molecule has 1 fully saturated rings. The Balaban J connectivity index is 1.82. The predicted molar refractivity (Wildman–Crippen MR) is 69.8 cm³/mol. The Morgan fingerprint density at radius 2 is 2.05 bits per heavy atom.